The summed E-state index contributed by atoms with van der Waals surface area (Å²) in [5.41, 5.74) is 0.0426. The molecule has 0 aromatic heterocycles. The van der Waals surface area contributed by atoms with Crippen LogP contribution >= 0.6 is 0 Å². The number of ether oxygens (including phenoxy) is 2. The molecule has 0 aliphatic heterocycles. The van der Waals surface area contributed by atoms with Crippen LogP contribution in [-0.4, -0.2) is 37.5 Å². The number of rotatable bonds is 7. The van der Waals surface area contributed by atoms with Crippen LogP contribution < -0.4 is 0 Å². The zero-order valence-electron chi connectivity index (χ0n) is 8.36. The Hall–Kier alpha value is -1.13. The second kappa shape index (κ2) is 7.29. The molecule has 14 heavy (non-hydrogen) atoms. The van der Waals surface area contributed by atoms with E-state index in [1.165, 1.54) is 13.2 Å². The van der Waals surface area contributed by atoms with E-state index in [0.717, 1.165) is 0 Å². The second-order valence-electron chi connectivity index (χ2n) is 2.69. The van der Waals surface area contributed by atoms with Gasteiger partial charge in [0.05, 0.1) is 18.3 Å². The fourth-order valence-electron chi connectivity index (χ4n) is 0.747. The Morgan fingerprint density at radius 3 is 2.71 bits per heavy atom. The lowest BCUT2D eigenvalue weighted by atomic mass is 10.1. The molecule has 0 fully saturated rings. The van der Waals surface area contributed by atoms with Crippen LogP contribution in [0.2, 0.25) is 0 Å². The summed E-state index contributed by atoms with van der Waals surface area (Å²) in [6.07, 6.45) is 0.888. The summed E-state index contributed by atoms with van der Waals surface area (Å²) < 4.78 is 9.45. The van der Waals surface area contributed by atoms with Crippen molar-refractivity contribution in [2.75, 3.05) is 20.3 Å². The third-order valence-electron chi connectivity index (χ3n) is 1.57. The Labute approximate surface area is 83.8 Å². The largest absolute Gasteiger partial charge is 0.460 e. The SMILES string of the molecule is C=CCC(O)C(=C)C(=O)OCCOC. The molecule has 0 amide bonds. The van der Waals surface area contributed by atoms with Crippen LogP contribution in [0, 0.1) is 0 Å². The Kier molecular flexibility index (Phi) is 6.70. The standard InChI is InChI=1S/C10H16O4/c1-4-5-9(11)8(2)10(12)14-7-6-13-3/h4,9,11H,1-2,5-7H2,3H3. The second-order valence-corrected chi connectivity index (χ2v) is 2.69. The quantitative estimate of drug-likeness (QED) is 0.284. The molecular weight excluding hydrogens is 184 g/mol. The molecule has 0 aromatic carbocycles. The molecule has 0 spiro atoms. The van der Waals surface area contributed by atoms with Crippen LogP contribution in [0.3, 0.4) is 0 Å². The van der Waals surface area contributed by atoms with E-state index in [2.05, 4.69) is 13.2 Å². The molecule has 1 N–H and O–H groups in total. The van der Waals surface area contributed by atoms with Crippen molar-refractivity contribution < 1.29 is 19.4 Å². The fourth-order valence-corrected chi connectivity index (χ4v) is 0.747. The normalized spacial score (nSPS) is 11.9. The maximum absolute atomic E-state index is 11.2. The highest BCUT2D eigenvalue weighted by molar-refractivity contribution is 5.88. The van der Waals surface area contributed by atoms with E-state index in [4.69, 9.17) is 9.47 Å². The molecule has 1 atom stereocenters. The summed E-state index contributed by atoms with van der Waals surface area (Å²) in [6.45, 7) is 7.38. The molecular formula is C10H16O4. The molecule has 0 aliphatic carbocycles. The Bertz CT molecular complexity index is 210. The molecule has 4 heteroatoms. The van der Waals surface area contributed by atoms with E-state index < -0.39 is 12.1 Å². The number of hydrogen-bond donors (Lipinski definition) is 1. The highest BCUT2D eigenvalue weighted by Crippen LogP contribution is 2.06. The van der Waals surface area contributed by atoms with Crippen molar-refractivity contribution in [1.29, 1.82) is 0 Å². The van der Waals surface area contributed by atoms with Gasteiger partial charge in [0.2, 0.25) is 0 Å². The molecule has 0 aliphatic rings. The van der Waals surface area contributed by atoms with Crippen LogP contribution in [0.1, 0.15) is 6.42 Å². The van der Waals surface area contributed by atoms with Gasteiger partial charge in [-0.2, -0.15) is 0 Å². The molecule has 0 aromatic rings. The lowest BCUT2D eigenvalue weighted by molar-refractivity contribution is -0.141. The van der Waals surface area contributed by atoms with E-state index in [1.54, 1.807) is 0 Å². The van der Waals surface area contributed by atoms with Crippen LogP contribution in [0.15, 0.2) is 24.8 Å². The van der Waals surface area contributed by atoms with Gasteiger partial charge < -0.3 is 14.6 Å². The van der Waals surface area contributed by atoms with Gasteiger partial charge in [-0.3, -0.25) is 0 Å². The van der Waals surface area contributed by atoms with Gasteiger partial charge in [-0.15, -0.1) is 6.58 Å². The number of aliphatic hydroxyl groups is 1. The summed E-state index contributed by atoms with van der Waals surface area (Å²) in [4.78, 5) is 11.2. The van der Waals surface area contributed by atoms with E-state index >= 15 is 0 Å². The maximum Gasteiger partial charge on any atom is 0.336 e. The van der Waals surface area contributed by atoms with Gasteiger partial charge in [0, 0.05) is 7.11 Å². The lowest BCUT2D eigenvalue weighted by Gasteiger charge is -2.10. The van der Waals surface area contributed by atoms with E-state index in [9.17, 15) is 9.90 Å². The Morgan fingerprint density at radius 1 is 1.57 bits per heavy atom. The molecule has 80 valence electrons. The molecule has 4 nitrogen and oxygen atoms in total. The molecule has 0 radical (unpaired) electrons. The molecule has 0 heterocycles. The van der Waals surface area contributed by atoms with Crippen LogP contribution in [0.25, 0.3) is 0 Å². The monoisotopic (exact) mass is 200 g/mol. The van der Waals surface area contributed by atoms with Crippen LogP contribution in [0.4, 0.5) is 0 Å². The number of methoxy groups -OCH3 is 1. The third-order valence-corrected chi connectivity index (χ3v) is 1.57. The van der Waals surface area contributed by atoms with Crippen molar-refractivity contribution >= 4 is 5.97 Å². The predicted octanol–water partition coefficient (Wildman–Crippen LogP) is 0.669. The smallest absolute Gasteiger partial charge is 0.336 e. The van der Waals surface area contributed by atoms with E-state index in [0.29, 0.717) is 6.61 Å². The predicted molar refractivity (Wildman–Crippen MR) is 52.8 cm³/mol. The number of carbonyl (C=O) groups excluding carboxylic acids is 1. The maximum atomic E-state index is 11.2. The van der Waals surface area contributed by atoms with Crippen molar-refractivity contribution in [3.05, 3.63) is 24.8 Å². The van der Waals surface area contributed by atoms with Gasteiger partial charge in [-0.25, -0.2) is 4.79 Å². The van der Waals surface area contributed by atoms with Gasteiger partial charge in [-0.1, -0.05) is 12.7 Å². The highest BCUT2D eigenvalue weighted by Gasteiger charge is 2.16. The van der Waals surface area contributed by atoms with Crippen molar-refractivity contribution in [2.45, 2.75) is 12.5 Å². The van der Waals surface area contributed by atoms with Crippen molar-refractivity contribution in [2.24, 2.45) is 0 Å². The van der Waals surface area contributed by atoms with Crippen LogP contribution in [0.5, 0.6) is 0 Å². The number of esters is 1. The van der Waals surface area contributed by atoms with Gasteiger partial charge in [0.1, 0.15) is 6.61 Å². The third kappa shape index (κ3) is 4.79. The Balaban J connectivity index is 3.86. The topological polar surface area (TPSA) is 55.8 Å². The van der Waals surface area contributed by atoms with Crippen molar-refractivity contribution in [3.63, 3.8) is 0 Å². The number of carbonyl (C=O) groups is 1. The molecule has 0 rings (SSSR count). The molecule has 0 saturated heterocycles. The highest BCUT2D eigenvalue weighted by atomic mass is 16.6. The van der Waals surface area contributed by atoms with E-state index in [1.807, 2.05) is 0 Å². The van der Waals surface area contributed by atoms with Gasteiger partial charge in [0.15, 0.2) is 0 Å². The minimum absolute atomic E-state index is 0.0426. The number of hydrogen-bond acceptors (Lipinski definition) is 4. The van der Waals surface area contributed by atoms with Gasteiger partial charge in [0.25, 0.3) is 0 Å². The van der Waals surface area contributed by atoms with E-state index in [-0.39, 0.29) is 18.6 Å². The molecule has 1 unspecified atom stereocenters. The summed E-state index contributed by atoms with van der Waals surface area (Å²) in [6, 6.07) is 0. The minimum atomic E-state index is -0.914. The summed E-state index contributed by atoms with van der Waals surface area (Å²) in [5, 5.41) is 9.34. The summed E-state index contributed by atoms with van der Waals surface area (Å²) in [5.74, 6) is -0.601. The zero-order valence-corrected chi connectivity index (χ0v) is 8.36. The van der Waals surface area contributed by atoms with Crippen LogP contribution in [-0.2, 0) is 14.3 Å². The zero-order chi connectivity index (χ0) is 11.0. The lowest BCUT2D eigenvalue weighted by Crippen LogP contribution is -2.20. The first-order valence-electron chi connectivity index (χ1n) is 4.27. The average molecular weight is 200 g/mol. The van der Waals surface area contributed by atoms with Crippen molar-refractivity contribution in [1.82, 2.24) is 0 Å². The summed E-state index contributed by atoms with van der Waals surface area (Å²) >= 11 is 0. The first-order valence-corrected chi connectivity index (χ1v) is 4.27. The molecule has 0 bridgehead atoms. The minimum Gasteiger partial charge on any atom is -0.460 e. The fraction of sp³-hybridized carbons (Fsp3) is 0.500. The van der Waals surface area contributed by atoms with Crippen molar-refractivity contribution in [3.8, 4) is 0 Å². The van der Waals surface area contributed by atoms with Gasteiger partial charge in [-0.05, 0) is 6.42 Å². The molecule has 0 saturated carbocycles. The Morgan fingerprint density at radius 2 is 2.21 bits per heavy atom. The van der Waals surface area contributed by atoms with Gasteiger partial charge >= 0.3 is 5.97 Å². The first-order chi connectivity index (χ1) is 6.63. The number of aliphatic hydroxyl groups excluding tert-OH is 1. The average Bonchev–Trinajstić information content (AvgIpc) is 2.17. The first kappa shape index (κ1) is 12.9. The summed E-state index contributed by atoms with van der Waals surface area (Å²) in [7, 11) is 1.51.